The molecule has 8 nitrogen and oxygen atoms in total. The van der Waals surface area contributed by atoms with Gasteiger partial charge in [-0.1, -0.05) is 24.3 Å². The Morgan fingerprint density at radius 1 is 0.848 bits per heavy atom. The maximum atomic E-state index is 13.2. The molecule has 1 fully saturated rings. The Kier molecular flexibility index (Phi) is 10.4. The molecule has 0 atom stereocenters. The van der Waals surface area contributed by atoms with Crippen molar-refractivity contribution in [3.05, 3.63) is 36.4 Å². The summed E-state index contributed by atoms with van der Waals surface area (Å²) in [4.78, 5) is 4.90. The molecule has 3 rings (SSSR count). The molecular formula is C24H40N6O2S. The van der Waals surface area contributed by atoms with E-state index in [-0.39, 0.29) is 0 Å². The van der Waals surface area contributed by atoms with Gasteiger partial charge in [-0.3, -0.25) is 4.90 Å². The topological polar surface area (TPSA) is 88.7 Å². The summed E-state index contributed by atoms with van der Waals surface area (Å²) < 4.78 is 29.3. The van der Waals surface area contributed by atoms with Crippen molar-refractivity contribution in [1.82, 2.24) is 25.6 Å². The van der Waals surface area contributed by atoms with E-state index in [9.17, 15) is 8.42 Å². The van der Waals surface area contributed by atoms with Crippen LogP contribution < -0.4 is 25.6 Å². The van der Waals surface area contributed by atoms with Crippen molar-refractivity contribution in [3.63, 3.8) is 0 Å². The van der Waals surface area contributed by atoms with Gasteiger partial charge in [0.1, 0.15) is 0 Å². The van der Waals surface area contributed by atoms with Crippen LogP contribution in [0.3, 0.4) is 0 Å². The van der Waals surface area contributed by atoms with Crippen LogP contribution in [-0.2, 0) is 10.0 Å². The smallest absolute Gasteiger partial charge is 0.241 e. The second kappa shape index (κ2) is 13.2. The van der Waals surface area contributed by atoms with Crippen molar-refractivity contribution in [2.75, 3.05) is 83.4 Å². The van der Waals surface area contributed by atoms with Gasteiger partial charge in [0.2, 0.25) is 10.0 Å². The van der Waals surface area contributed by atoms with E-state index in [0.29, 0.717) is 18.0 Å². The number of fused-ring (bicyclic) bond motifs is 1. The van der Waals surface area contributed by atoms with Gasteiger partial charge in [0, 0.05) is 95.0 Å². The summed E-state index contributed by atoms with van der Waals surface area (Å²) >= 11 is 0. The summed E-state index contributed by atoms with van der Waals surface area (Å²) in [7, 11) is -3.62. The van der Waals surface area contributed by atoms with E-state index in [1.54, 1.807) is 6.07 Å². The minimum absolute atomic E-state index is 0.346. The van der Waals surface area contributed by atoms with Crippen LogP contribution in [-0.4, -0.2) is 91.9 Å². The Labute approximate surface area is 199 Å². The summed E-state index contributed by atoms with van der Waals surface area (Å²) in [6, 6.07) is 11.5. The molecule has 1 saturated heterocycles. The molecule has 184 valence electrons. The largest absolute Gasteiger partial charge is 0.372 e. The van der Waals surface area contributed by atoms with Crippen molar-refractivity contribution in [2.45, 2.75) is 18.7 Å². The monoisotopic (exact) mass is 476 g/mol. The number of anilines is 1. The predicted molar refractivity (Wildman–Crippen MR) is 138 cm³/mol. The van der Waals surface area contributed by atoms with E-state index in [0.717, 1.165) is 81.9 Å². The van der Waals surface area contributed by atoms with Crippen molar-refractivity contribution >= 4 is 26.5 Å². The SMILES string of the molecule is CCN(CC)c1cccc2c(S(=O)(=O)NCCN3CCNCCNCCNCC3)cccc12. The first kappa shape index (κ1) is 25.9. The van der Waals surface area contributed by atoms with Gasteiger partial charge in [-0.15, -0.1) is 0 Å². The highest BCUT2D eigenvalue weighted by molar-refractivity contribution is 7.89. The van der Waals surface area contributed by atoms with Crippen molar-refractivity contribution < 1.29 is 8.42 Å². The number of nitrogens with zero attached hydrogens (tertiary/aromatic N) is 2. The molecule has 0 aromatic heterocycles. The molecule has 0 radical (unpaired) electrons. The summed E-state index contributed by atoms with van der Waals surface area (Å²) in [5.41, 5.74) is 1.07. The van der Waals surface area contributed by atoms with Gasteiger partial charge >= 0.3 is 0 Å². The second-order valence-electron chi connectivity index (χ2n) is 8.29. The van der Waals surface area contributed by atoms with Gasteiger partial charge in [0.25, 0.3) is 0 Å². The molecule has 0 saturated carbocycles. The third kappa shape index (κ3) is 7.37. The fourth-order valence-corrected chi connectivity index (χ4v) is 5.53. The first-order chi connectivity index (χ1) is 16.1. The standard InChI is InChI=1S/C24H40N6O2S/c1-3-30(4-2)23-9-5-8-22-21(23)7-6-10-24(22)33(31,32)28-17-20-29-18-15-26-13-11-25-12-14-27-16-19-29/h5-10,25-28H,3-4,11-20H2,1-2H3. The highest BCUT2D eigenvalue weighted by atomic mass is 32.2. The molecule has 0 bridgehead atoms. The average molecular weight is 477 g/mol. The predicted octanol–water partition coefficient (Wildman–Crippen LogP) is 1.05. The lowest BCUT2D eigenvalue weighted by atomic mass is 10.1. The molecule has 9 heteroatoms. The van der Waals surface area contributed by atoms with Gasteiger partial charge < -0.3 is 20.9 Å². The van der Waals surface area contributed by atoms with Crippen LogP contribution in [0.4, 0.5) is 5.69 Å². The maximum absolute atomic E-state index is 13.2. The van der Waals surface area contributed by atoms with Crippen LogP contribution in [0, 0.1) is 0 Å². The lowest BCUT2D eigenvalue weighted by Gasteiger charge is -2.24. The molecule has 2 aromatic carbocycles. The molecule has 0 aliphatic carbocycles. The normalized spacial score (nSPS) is 17.4. The summed E-state index contributed by atoms with van der Waals surface area (Å²) in [6.45, 7) is 14.4. The van der Waals surface area contributed by atoms with E-state index in [1.165, 1.54) is 0 Å². The van der Waals surface area contributed by atoms with Crippen LogP contribution in [0.5, 0.6) is 0 Å². The number of benzene rings is 2. The summed E-state index contributed by atoms with van der Waals surface area (Å²) in [5, 5.41) is 12.0. The van der Waals surface area contributed by atoms with E-state index in [4.69, 9.17) is 0 Å². The van der Waals surface area contributed by atoms with E-state index >= 15 is 0 Å². The molecule has 2 aromatic rings. The van der Waals surface area contributed by atoms with E-state index in [1.807, 2.05) is 24.3 Å². The molecule has 1 heterocycles. The third-order valence-corrected chi connectivity index (χ3v) is 7.66. The highest BCUT2D eigenvalue weighted by Crippen LogP contribution is 2.31. The van der Waals surface area contributed by atoms with Gasteiger partial charge in [-0.05, 0) is 26.0 Å². The fraction of sp³-hybridized carbons (Fsp3) is 0.583. The van der Waals surface area contributed by atoms with Gasteiger partial charge in [-0.25, -0.2) is 13.1 Å². The third-order valence-electron chi connectivity index (χ3n) is 6.14. The molecule has 0 unspecified atom stereocenters. The van der Waals surface area contributed by atoms with Gasteiger partial charge in [0.05, 0.1) is 4.90 Å². The van der Waals surface area contributed by atoms with Crippen LogP contribution in [0.1, 0.15) is 13.8 Å². The minimum Gasteiger partial charge on any atom is -0.372 e. The van der Waals surface area contributed by atoms with Crippen molar-refractivity contribution in [2.24, 2.45) is 0 Å². The molecule has 0 amide bonds. The van der Waals surface area contributed by atoms with Crippen LogP contribution in [0.15, 0.2) is 41.3 Å². The number of hydrogen-bond donors (Lipinski definition) is 4. The fourth-order valence-electron chi connectivity index (χ4n) is 4.29. The minimum atomic E-state index is -3.62. The van der Waals surface area contributed by atoms with E-state index in [2.05, 4.69) is 50.4 Å². The number of sulfonamides is 1. The molecule has 33 heavy (non-hydrogen) atoms. The van der Waals surface area contributed by atoms with E-state index < -0.39 is 10.0 Å². The number of hydrogen-bond acceptors (Lipinski definition) is 7. The Morgan fingerprint density at radius 3 is 2.06 bits per heavy atom. The van der Waals surface area contributed by atoms with Crippen molar-refractivity contribution in [1.29, 1.82) is 0 Å². The first-order valence-electron chi connectivity index (χ1n) is 12.2. The van der Waals surface area contributed by atoms with Gasteiger partial charge in [0.15, 0.2) is 0 Å². The number of nitrogens with one attached hydrogen (secondary N) is 4. The summed E-state index contributed by atoms with van der Waals surface area (Å²) in [5.74, 6) is 0. The maximum Gasteiger partial charge on any atom is 0.241 e. The highest BCUT2D eigenvalue weighted by Gasteiger charge is 2.19. The lowest BCUT2D eigenvalue weighted by molar-refractivity contribution is 0.275. The molecule has 1 aliphatic rings. The Morgan fingerprint density at radius 2 is 1.42 bits per heavy atom. The zero-order valence-corrected chi connectivity index (χ0v) is 20.9. The van der Waals surface area contributed by atoms with Gasteiger partial charge in [-0.2, -0.15) is 0 Å². The zero-order valence-electron chi connectivity index (χ0n) is 20.1. The molecule has 4 N–H and O–H groups in total. The quantitative estimate of drug-likeness (QED) is 0.453. The number of rotatable bonds is 8. The van der Waals surface area contributed by atoms with Crippen LogP contribution >= 0.6 is 0 Å². The molecule has 1 aliphatic heterocycles. The van der Waals surface area contributed by atoms with Crippen LogP contribution in [0.25, 0.3) is 10.8 Å². The Balaban J connectivity index is 1.68. The van der Waals surface area contributed by atoms with Crippen LogP contribution in [0.2, 0.25) is 0 Å². The second-order valence-corrected chi connectivity index (χ2v) is 10.0. The van der Waals surface area contributed by atoms with Crippen molar-refractivity contribution in [3.8, 4) is 0 Å². The Bertz CT molecular complexity index is 953. The first-order valence-corrected chi connectivity index (χ1v) is 13.7. The Hall–Kier alpha value is -1.75. The average Bonchev–Trinajstić information content (AvgIpc) is 2.81. The summed E-state index contributed by atoms with van der Waals surface area (Å²) in [6.07, 6.45) is 0. The molecular weight excluding hydrogens is 436 g/mol. The lowest BCUT2D eigenvalue weighted by Crippen LogP contribution is -2.44. The molecule has 0 spiro atoms. The zero-order chi connectivity index (χ0) is 23.5.